The molecule has 2 saturated heterocycles. The summed E-state index contributed by atoms with van der Waals surface area (Å²) in [4.78, 5) is 2.25. The van der Waals surface area contributed by atoms with Crippen molar-refractivity contribution in [3.63, 3.8) is 0 Å². The van der Waals surface area contributed by atoms with Gasteiger partial charge in [-0.05, 0) is 26.3 Å². The Balaban J connectivity index is 1.97. The van der Waals surface area contributed by atoms with Crippen LogP contribution in [0.1, 0.15) is 33.1 Å². The third kappa shape index (κ3) is 4.91. The van der Waals surface area contributed by atoms with Gasteiger partial charge >= 0.3 is 0 Å². The SMILES string of the molecule is CC(C)NCC1(CN(C)C2CCS(=O)(=O)C2)CCCOC1. The lowest BCUT2D eigenvalue weighted by atomic mass is 9.81. The molecule has 2 unspecified atom stereocenters. The largest absolute Gasteiger partial charge is 0.381 e. The highest BCUT2D eigenvalue weighted by Crippen LogP contribution is 2.31. The fraction of sp³-hybridized carbons (Fsp3) is 1.00. The van der Waals surface area contributed by atoms with Crippen LogP contribution in [0.3, 0.4) is 0 Å². The van der Waals surface area contributed by atoms with E-state index in [1.165, 1.54) is 0 Å². The summed E-state index contributed by atoms with van der Waals surface area (Å²) in [6, 6.07) is 0.633. The maximum absolute atomic E-state index is 11.7. The molecule has 0 aromatic carbocycles. The van der Waals surface area contributed by atoms with E-state index in [-0.39, 0.29) is 11.5 Å². The molecule has 2 rings (SSSR count). The van der Waals surface area contributed by atoms with Crippen LogP contribution in [0, 0.1) is 5.41 Å². The van der Waals surface area contributed by atoms with Gasteiger partial charge in [0.15, 0.2) is 9.84 Å². The lowest BCUT2D eigenvalue weighted by molar-refractivity contribution is -0.0277. The van der Waals surface area contributed by atoms with E-state index >= 15 is 0 Å². The fourth-order valence-corrected chi connectivity index (χ4v) is 5.24. The highest BCUT2D eigenvalue weighted by molar-refractivity contribution is 7.91. The standard InChI is InChI=1S/C15H30N2O3S/c1-13(2)16-10-15(6-4-7-20-12-15)11-17(3)14-5-8-21(18,19)9-14/h13-14,16H,4-12H2,1-3H3. The van der Waals surface area contributed by atoms with E-state index in [1.807, 2.05) is 0 Å². The van der Waals surface area contributed by atoms with Gasteiger partial charge in [-0.3, -0.25) is 0 Å². The Morgan fingerprint density at radius 3 is 2.71 bits per heavy atom. The van der Waals surface area contributed by atoms with Gasteiger partial charge < -0.3 is 15.0 Å². The van der Waals surface area contributed by atoms with Crippen LogP contribution < -0.4 is 5.32 Å². The van der Waals surface area contributed by atoms with Gasteiger partial charge in [0.25, 0.3) is 0 Å². The molecule has 0 spiro atoms. The second-order valence-corrected chi connectivity index (χ2v) is 9.39. The first-order chi connectivity index (χ1) is 9.82. The average Bonchev–Trinajstić information content (AvgIpc) is 2.78. The van der Waals surface area contributed by atoms with E-state index in [4.69, 9.17) is 4.74 Å². The third-order valence-corrected chi connectivity index (χ3v) is 6.46. The van der Waals surface area contributed by atoms with Crippen molar-refractivity contribution in [3.8, 4) is 0 Å². The maximum Gasteiger partial charge on any atom is 0.151 e. The predicted molar refractivity (Wildman–Crippen MR) is 85.3 cm³/mol. The summed E-state index contributed by atoms with van der Waals surface area (Å²) in [5.41, 5.74) is 0.115. The van der Waals surface area contributed by atoms with E-state index < -0.39 is 9.84 Å². The molecule has 2 aliphatic rings. The van der Waals surface area contributed by atoms with Crippen molar-refractivity contribution >= 4 is 9.84 Å². The molecule has 1 N–H and O–H groups in total. The Morgan fingerprint density at radius 2 is 2.19 bits per heavy atom. The first-order valence-electron chi connectivity index (χ1n) is 8.04. The van der Waals surface area contributed by atoms with E-state index in [9.17, 15) is 8.42 Å². The Hall–Kier alpha value is -0.170. The molecule has 21 heavy (non-hydrogen) atoms. The van der Waals surface area contributed by atoms with Crippen LogP contribution in [0.25, 0.3) is 0 Å². The molecule has 2 heterocycles. The number of hydrogen-bond donors (Lipinski definition) is 1. The number of nitrogens with one attached hydrogen (secondary N) is 1. The van der Waals surface area contributed by atoms with Gasteiger partial charge in [0.05, 0.1) is 18.1 Å². The molecule has 0 saturated carbocycles. The predicted octanol–water partition coefficient (Wildman–Crippen LogP) is 0.900. The zero-order chi connectivity index (χ0) is 15.5. The normalized spacial score (nSPS) is 32.9. The molecule has 0 amide bonds. The molecule has 124 valence electrons. The van der Waals surface area contributed by atoms with Crippen LogP contribution in [0.4, 0.5) is 0 Å². The quantitative estimate of drug-likeness (QED) is 0.788. The Labute approximate surface area is 129 Å². The van der Waals surface area contributed by atoms with Gasteiger partial charge in [0.1, 0.15) is 0 Å². The summed E-state index contributed by atoms with van der Waals surface area (Å²) < 4.78 is 29.1. The van der Waals surface area contributed by atoms with Crippen molar-refractivity contribution in [2.24, 2.45) is 5.41 Å². The van der Waals surface area contributed by atoms with E-state index in [2.05, 4.69) is 31.1 Å². The number of hydrogen-bond acceptors (Lipinski definition) is 5. The Morgan fingerprint density at radius 1 is 1.43 bits per heavy atom. The molecular formula is C15H30N2O3S. The van der Waals surface area contributed by atoms with Crippen molar-refractivity contribution < 1.29 is 13.2 Å². The topological polar surface area (TPSA) is 58.6 Å². The molecule has 0 aliphatic carbocycles. The molecule has 0 radical (unpaired) electrons. The lowest BCUT2D eigenvalue weighted by Gasteiger charge is -2.42. The number of ether oxygens (including phenoxy) is 1. The van der Waals surface area contributed by atoms with Crippen LogP contribution in [-0.2, 0) is 14.6 Å². The first kappa shape index (κ1) is 17.2. The fourth-order valence-electron chi connectivity index (χ4n) is 3.43. The molecular weight excluding hydrogens is 288 g/mol. The monoisotopic (exact) mass is 318 g/mol. The smallest absolute Gasteiger partial charge is 0.151 e. The Kier molecular flexibility index (Phi) is 5.68. The van der Waals surface area contributed by atoms with Gasteiger partial charge in [0, 0.05) is 37.2 Å². The second kappa shape index (κ2) is 6.94. The second-order valence-electron chi connectivity index (χ2n) is 7.16. The van der Waals surface area contributed by atoms with E-state index in [0.29, 0.717) is 17.5 Å². The van der Waals surface area contributed by atoms with Crippen LogP contribution in [0.2, 0.25) is 0 Å². The first-order valence-corrected chi connectivity index (χ1v) is 9.86. The molecule has 5 nitrogen and oxygen atoms in total. The van der Waals surface area contributed by atoms with Gasteiger partial charge in [-0.2, -0.15) is 0 Å². The summed E-state index contributed by atoms with van der Waals surface area (Å²) in [6.45, 7) is 7.79. The van der Waals surface area contributed by atoms with E-state index in [1.54, 1.807) is 0 Å². The van der Waals surface area contributed by atoms with E-state index in [0.717, 1.165) is 45.6 Å². The zero-order valence-corrected chi connectivity index (χ0v) is 14.4. The van der Waals surface area contributed by atoms with Crippen LogP contribution in [-0.4, -0.2) is 70.3 Å². The van der Waals surface area contributed by atoms with Gasteiger partial charge in [-0.15, -0.1) is 0 Å². The average molecular weight is 318 g/mol. The minimum Gasteiger partial charge on any atom is -0.381 e. The van der Waals surface area contributed by atoms with Crippen LogP contribution >= 0.6 is 0 Å². The molecule has 6 heteroatoms. The molecule has 0 aromatic rings. The number of nitrogens with zero attached hydrogens (tertiary/aromatic N) is 1. The summed E-state index contributed by atoms with van der Waals surface area (Å²) in [5.74, 6) is 0.661. The zero-order valence-electron chi connectivity index (χ0n) is 13.6. The summed E-state index contributed by atoms with van der Waals surface area (Å²) in [7, 11) is -0.749. The molecule has 2 atom stereocenters. The molecule has 0 bridgehead atoms. The summed E-state index contributed by atoms with van der Waals surface area (Å²) in [5, 5.41) is 3.54. The highest BCUT2D eigenvalue weighted by atomic mass is 32.2. The maximum atomic E-state index is 11.7. The third-order valence-electron chi connectivity index (χ3n) is 4.71. The van der Waals surface area contributed by atoms with Crippen molar-refractivity contribution in [2.45, 2.75) is 45.2 Å². The lowest BCUT2D eigenvalue weighted by Crippen LogP contribution is -2.51. The van der Waals surface area contributed by atoms with Crippen molar-refractivity contribution in [2.75, 3.05) is 44.9 Å². The summed E-state index contributed by atoms with van der Waals surface area (Å²) in [6.07, 6.45) is 3.01. The molecule has 2 aliphatic heterocycles. The minimum absolute atomic E-state index is 0.115. The minimum atomic E-state index is -2.82. The van der Waals surface area contributed by atoms with Gasteiger partial charge in [-0.1, -0.05) is 13.8 Å². The molecule has 0 aromatic heterocycles. The van der Waals surface area contributed by atoms with Crippen molar-refractivity contribution in [1.29, 1.82) is 0 Å². The van der Waals surface area contributed by atoms with Crippen LogP contribution in [0.5, 0.6) is 0 Å². The highest BCUT2D eigenvalue weighted by Gasteiger charge is 2.38. The summed E-state index contributed by atoms with van der Waals surface area (Å²) >= 11 is 0. The van der Waals surface area contributed by atoms with Crippen molar-refractivity contribution in [3.05, 3.63) is 0 Å². The molecule has 2 fully saturated rings. The number of rotatable bonds is 6. The Bertz CT molecular complexity index is 430. The number of sulfone groups is 1. The van der Waals surface area contributed by atoms with Gasteiger partial charge in [0.2, 0.25) is 0 Å². The van der Waals surface area contributed by atoms with Crippen LogP contribution in [0.15, 0.2) is 0 Å². The van der Waals surface area contributed by atoms with Crippen molar-refractivity contribution in [1.82, 2.24) is 10.2 Å². The van der Waals surface area contributed by atoms with Gasteiger partial charge in [-0.25, -0.2) is 8.42 Å².